The number of carbonyl (C=O) groups excluding carboxylic acids is 2. The Kier molecular flexibility index (Phi) is 6.14. The number of rotatable bonds is 6. The second kappa shape index (κ2) is 7.45. The monoisotopic (exact) mass is 332 g/mol. The molecule has 2 N–H and O–H groups in total. The van der Waals surface area contributed by atoms with Crippen molar-refractivity contribution in [2.24, 2.45) is 0 Å². The average molecular weight is 332 g/mol. The maximum absolute atomic E-state index is 13.6. The van der Waals surface area contributed by atoms with Crippen LogP contribution in [0.4, 0.5) is 13.2 Å². The summed E-state index contributed by atoms with van der Waals surface area (Å²) < 4.78 is 45.4. The standard InChI is InChI=1S/C15H19F3N2O3/c1-4-23-13(22)14(15(16,17)18,19-10(2)3)20-12(21)11-8-6-5-7-9-11/h5-10,19H,4H2,1-3H3,(H,20,21). The van der Waals surface area contributed by atoms with Crippen molar-refractivity contribution in [2.75, 3.05) is 6.61 Å². The van der Waals surface area contributed by atoms with E-state index in [1.54, 1.807) is 11.4 Å². The van der Waals surface area contributed by atoms with Crippen molar-refractivity contribution in [2.45, 2.75) is 38.7 Å². The summed E-state index contributed by atoms with van der Waals surface area (Å²) in [6.07, 6.45) is -5.09. The molecule has 0 spiro atoms. The van der Waals surface area contributed by atoms with Gasteiger partial charge in [0.2, 0.25) is 0 Å². The summed E-state index contributed by atoms with van der Waals surface area (Å²) in [6.45, 7) is 3.98. The highest BCUT2D eigenvalue weighted by atomic mass is 19.4. The minimum atomic E-state index is -5.09. The van der Waals surface area contributed by atoms with E-state index in [1.807, 2.05) is 0 Å². The molecule has 0 heterocycles. The fourth-order valence-electron chi connectivity index (χ4n) is 1.92. The number of hydrogen-bond donors (Lipinski definition) is 2. The fraction of sp³-hybridized carbons (Fsp3) is 0.467. The summed E-state index contributed by atoms with van der Waals surface area (Å²) in [7, 11) is 0. The van der Waals surface area contributed by atoms with E-state index in [2.05, 4.69) is 10.1 Å². The molecule has 1 atom stereocenters. The van der Waals surface area contributed by atoms with Crippen molar-refractivity contribution in [3.8, 4) is 0 Å². The molecule has 1 aromatic rings. The maximum atomic E-state index is 13.6. The molecular formula is C15H19F3N2O3. The van der Waals surface area contributed by atoms with E-state index in [0.29, 0.717) is 0 Å². The predicted molar refractivity (Wildman–Crippen MR) is 77.6 cm³/mol. The summed E-state index contributed by atoms with van der Waals surface area (Å²) in [5.41, 5.74) is -3.32. The Bertz CT molecular complexity index is 547. The number of benzene rings is 1. The van der Waals surface area contributed by atoms with E-state index in [1.165, 1.54) is 45.0 Å². The minimum Gasteiger partial charge on any atom is -0.463 e. The molecule has 1 unspecified atom stereocenters. The van der Waals surface area contributed by atoms with Gasteiger partial charge >= 0.3 is 12.1 Å². The van der Waals surface area contributed by atoms with Crippen molar-refractivity contribution in [1.29, 1.82) is 0 Å². The molecule has 0 aromatic heterocycles. The van der Waals surface area contributed by atoms with Gasteiger partial charge in [0.05, 0.1) is 6.61 Å². The Labute approximate surface area is 132 Å². The lowest BCUT2D eigenvalue weighted by molar-refractivity contribution is -0.220. The number of carbonyl (C=O) groups is 2. The predicted octanol–water partition coefficient (Wildman–Crippen LogP) is 2.24. The highest BCUT2D eigenvalue weighted by Crippen LogP contribution is 2.30. The SMILES string of the molecule is CCOC(=O)C(NC(=O)c1ccccc1)(NC(C)C)C(F)(F)F. The lowest BCUT2D eigenvalue weighted by Gasteiger charge is -2.36. The molecule has 1 amide bonds. The first-order valence-corrected chi connectivity index (χ1v) is 7.03. The Balaban J connectivity index is 3.26. The van der Waals surface area contributed by atoms with Gasteiger partial charge in [0, 0.05) is 11.6 Å². The van der Waals surface area contributed by atoms with E-state index in [-0.39, 0.29) is 12.2 Å². The van der Waals surface area contributed by atoms with Crippen LogP contribution in [0.25, 0.3) is 0 Å². The smallest absolute Gasteiger partial charge is 0.436 e. The molecular weight excluding hydrogens is 313 g/mol. The average Bonchev–Trinajstić information content (AvgIpc) is 2.45. The minimum absolute atomic E-state index is 0.00372. The van der Waals surface area contributed by atoms with Crippen molar-refractivity contribution >= 4 is 11.9 Å². The fourth-order valence-corrected chi connectivity index (χ4v) is 1.92. The molecule has 0 fully saturated rings. The molecule has 0 saturated heterocycles. The van der Waals surface area contributed by atoms with Gasteiger partial charge in [0.15, 0.2) is 0 Å². The zero-order chi connectivity index (χ0) is 17.7. The molecule has 8 heteroatoms. The summed E-state index contributed by atoms with van der Waals surface area (Å²) >= 11 is 0. The van der Waals surface area contributed by atoms with Gasteiger partial charge in [-0.2, -0.15) is 13.2 Å². The third-order valence-corrected chi connectivity index (χ3v) is 2.85. The molecule has 1 rings (SSSR count). The Morgan fingerprint density at radius 3 is 2.17 bits per heavy atom. The van der Waals surface area contributed by atoms with Crippen LogP contribution in [0.3, 0.4) is 0 Å². The summed E-state index contributed by atoms with van der Waals surface area (Å²) in [5, 5.41) is 3.84. The zero-order valence-electron chi connectivity index (χ0n) is 13.0. The highest BCUT2D eigenvalue weighted by molar-refractivity contribution is 5.98. The number of nitrogens with one attached hydrogen (secondary N) is 2. The number of hydrogen-bond acceptors (Lipinski definition) is 4. The molecule has 0 aliphatic rings. The molecule has 0 radical (unpaired) electrons. The third-order valence-electron chi connectivity index (χ3n) is 2.85. The number of amides is 1. The van der Waals surface area contributed by atoms with Crippen LogP contribution >= 0.6 is 0 Å². The van der Waals surface area contributed by atoms with Gasteiger partial charge in [0.1, 0.15) is 0 Å². The first kappa shape index (κ1) is 19.0. The maximum Gasteiger partial charge on any atom is 0.436 e. The van der Waals surface area contributed by atoms with Gasteiger partial charge in [-0.15, -0.1) is 0 Å². The number of ether oxygens (including phenoxy) is 1. The largest absolute Gasteiger partial charge is 0.463 e. The van der Waals surface area contributed by atoms with E-state index < -0.39 is 29.8 Å². The normalized spacial score (nSPS) is 14.2. The second-order valence-electron chi connectivity index (χ2n) is 5.09. The van der Waals surface area contributed by atoms with Gasteiger partial charge in [-0.25, -0.2) is 4.79 Å². The molecule has 128 valence electrons. The summed E-state index contributed by atoms with van der Waals surface area (Å²) in [6, 6.07) is 6.58. The second-order valence-corrected chi connectivity index (χ2v) is 5.09. The van der Waals surface area contributed by atoms with Crippen molar-refractivity contribution in [1.82, 2.24) is 10.6 Å². The highest BCUT2D eigenvalue weighted by Gasteiger charge is 2.63. The Morgan fingerprint density at radius 1 is 1.17 bits per heavy atom. The van der Waals surface area contributed by atoms with Gasteiger partial charge < -0.3 is 10.1 Å². The Hall–Kier alpha value is -2.09. The van der Waals surface area contributed by atoms with Crippen LogP contribution in [-0.4, -0.2) is 36.4 Å². The van der Waals surface area contributed by atoms with Crippen LogP contribution < -0.4 is 10.6 Å². The van der Waals surface area contributed by atoms with Crippen LogP contribution in [0.15, 0.2) is 30.3 Å². The van der Waals surface area contributed by atoms with E-state index in [0.717, 1.165) is 0 Å². The van der Waals surface area contributed by atoms with E-state index in [4.69, 9.17) is 0 Å². The van der Waals surface area contributed by atoms with Crippen LogP contribution in [0.2, 0.25) is 0 Å². The van der Waals surface area contributed by atoms with E-state index >= 15 is 0 Å². The molecule has 0 aliphatic carbocycles. The summed E-state index contributed by atoms with van der Waals surface area (Å²) in [4.78, 5) is 24.1. The lowest BCUT2D eigenvalue weighted by atomic mass is 10.1. The number of halogens is 3. The number of esters is 1. The van der Waals surface area contributed by atoms with E-state index in [9.17, 15) is 22.8 Å². The van der Waals surface area contributed by atoms with Crippen molar-refractivity contribution < 1.29 is 27.5 Å². The number of alkyl halides is 3. The molecule has 0 saturated carbocycles. The molecule has 23 heavy (non-hydrogen) atoms. The van der Waals surface area contributed by atoms with Gasteiger partial charge in [-0.1, -0.05) is 18.2 Å². The van der Waals surface area contributed by atoms with Gasteiger partial charge in [0.25, 0.3) is 11.6 Å². The van der Waals surface area contributed by atoms with Crippen LogP contribution in [-0.2, 0) is 9.53 Å². The van der Waals surface area contributed by atoms with Crippen molar-refractivity contribution in [3.05, 3.63) is 35.9 Å². The third kappa shape index (κ3) is 4.44. The van der Waals surface area contributed by atoms with Gasteiger partial charge in [-0.05, 0) is 32.9 Å². The lowest BCUT2D eigenvalue weighted by Crippen LogP contribution is -2.73. The topological polar surface area (TPSA) is 67.4 Å². The molecule has 0 bridgehead atoms. The first-order valence-electron chi connectivity index (χ1n) is 7.03. The van der Waals surface area contributed by atoms with Crippen LogP contribution in [0.5, 0.6) is 0 Å². The van der Waals surface area contributed by atoms with Crippen LogP contribution in [0, 0.1) is 0 Å². The molecule has 0 aliphatic heterocycles. The molecule has 5 nitrogen and oxygen atoms in total. The zero-order valence-corrected chi connectivity index (χ0v) is 13.0. The summed E-state index contributed by atoms with van der Waals surface area (Å²) in [5.74, 6) is -2.64. The quantitative estimate of drug-likeness (QED) is 0.619. The Morgan fingerprint density at radius 2 is 1.74 bits per heavy atom. The first-order chi connectivity index (χ1) is 10.6. The van der Waals surface area contributed by atoms with Crippen LogP contribution in [0.1, 0.15) is 31.1 Å². The van der Waals surface area contributed by atoms with Crippen molar-refractivity contribution in [3.63, 3.8) is 0 Å². The molecule has 1 aromatic carbocycles. The van der Waals surface area contributed by atoms with Gasteiger partial charge in [-0.3, -0.25) is 10.1 Å².